The van der Waals surface area contributed by atoms with Crippen LogP contribution in [-0.2, 0) is 11.3 Å². The molecule has 2 amide bonds. The van der Waals surface area contributed by atoms with E-state index in [0.29, 0.717) is 36.0 Å². The lowest BCUT2D eigenvalue weighted by Crippen LogP contribution is -2.45. The highest BCUT2D eigenvalue weighted by atomic mass is 35.5. The van der Waals surface area contributed by atoms with E-state index in [1.165, 1.54) is 0 Å². The van der Waals surface area contributed by atoms with Crippen molar-refractivity contribution in [3.63, 3.8) is 0 Å². The number of hydrogen-bond donors (Lipinski definition) is 1. The van der Waals surface area contributed by atoms with E-state index in [2.05, 4.69) is 10.4 Å². The van der Waals surface area contributed by atoms with Gasteiger partial charge in [-0.3, -0.25) is 9.59 Å². The fourth-order valence-electron chi connectivity index (χ4n) is 4.49. The zero-order valence-corrected chi connectivity index (χ0v) is 19.9. The molecule has 1 aliphatic rings. The summed E-state index contributed by atoms with van der Waals surface area (Å²) < 4.78 is 3.66. The summed E-state index contributed by atoms with van der Waals surface area (Å²) in [6.45, 7) is 1.34. The first-order chi connectivity index (χ1) is 17.1. The molecule has 1 N–H and O–H groups in total. The Labute approximate surface area is 208 Å². The first-order valence-corrected chi connectivity index (χ1v) is 12.1. The van der Waals surface area contributed by atoms with Crippen LogP contribution in [0.2, 0.25) is 5.02 Å². The number of hydrogen-bond acceptors (Lipinski definition) is 3. The molecule has 1 fully saturated rings. The summed E-state index contributed by atoms with van der Waals surface area (Å²) >= 11 is 6.22. The normalized spacial score (nSPS) is 15.7. The van der Waals surface area contributed by atoms with Gasteiger partial charge in [0.1, 0.15) is 5.56 Å². The summed E-state index contributed by atoms with van der Waals surface area (Å²) in [5, 5.41) is 8.15. The van der Waals surface area contributed by atoms with Crippen molar-refractivity contribution in [1.29, 1.82) is 0 Å². The lowest BCUT2D eigenvalue weighted by Gasteiger charge is -2.32. The summed E-state index contributed by atoms with van der Waals surface area (Å²) in [6, 6.07) is 21.0. The number of amides is 2. The maximum Gasteiger partial charge on any atom is 0.259 e. The minimum absolute atomic E-state index is 0.0620. The quantitative estimate of drug-likeness (QED) is 0.435. The van der Waals surface area contributed by atoms with Crippen molar-refractivity contribution in [3.8, 4) is 11.5 Å². The average molecular weight is 488 g/mol. The molecule has 178 valence electrons. The summed E-state index contributed by atoms with van der Waals surface area (Å²) in [7, 11) is 0. The zero-order valence-electron chi connectivity index (χ0n) is 19.2. The molecule has 0 aliphatic carbocycles. The third kappa shape index (κ3) is 4.86. The molecule has 0 saturated carbocycles. The minimum Gasteiger partial charge on any atom is -0.352 e. The highest BCUT2D eigenvalue weighted by Gasteiger charge is 2.31. The maximum absolute atomic E-state index is 13.7. The number of carbonyl (C=O) groups is 2. The molecule has 5 rings (SSSR count). The van der Waals surface area contributed by atoms with E-state index >= 15 is 0 Å². The number of halogens is 1. The second-order valence-electron chi connectivity index (χ2n) is 8.62. The second kappa shape index (κ2) is 10.2. The smallest absolute Gasteiger partial charge is 0.259 e. The molecule has 0 spiro atoms. The predicted molar refractivity (Wildman–Crippen MR) is 135 cm³/mol. The number of carbonyl (C=O) groups excluding carboxylic acids is 2. The molecule has 0 bridgehead atoms. The van der Waals surface area contributed by atoms with E-state index in [1.54, 1.807) is 15.8 Å². The van der Waals surface area contributed by atoms with Crippen LogP contribution < -0.4 is 5.32 Å². The van der Waals surface area contributed by atoms with Gasteiger partial charge in [-0.1, -0.05) is 48.0 Å². The molecule has 1 aliphatic heterocycles. The molecule has 7 nitrogen and oxygen atoms in total. The van der Waals surface area contributed by atoms with Crippen LogP contribution in [0, 0.1) is 5.92 Å². The molecule has 2 aromatic carbocycles. The van der Waals surface area contributed by atoms with Gasteiger partial charge in [0, 0.05) is 37.1 Å². The Morgan fingerprint density at radius 3 is 2.51 bits per heavy atom. The van der Waals surface area contributed by atoms with Gasteiger partial charge in [-0.15, -0.1) is 0 Å². The van der Waals surface area contributed by atoms with Crippen molar-refractivity contribution in [2.75, 3.05) is 13.1 Å². The molecular formula is C27H26ClN5O2. The standard InChI is InChI=1S/C27H26ClN5O2/c28-24-13-5-4-9-20(24)17-29-25(34)21-10-8-16-32(19-21)27(35)23-18-30-33(22-11-2-1-3-12-22)26(23)31-14-6-7-15-31/h1-7,9,11-15,18,21H,8,10,16-17,19H2,(H,29,34)/t21-/m0/s1. The Hall–Kier alpha value is -3.84. The van der Waals surface area contributed by atoms with Crippen molar-refractivity contribution >= 4 is 23.4 Å². The average Bonchev–Trinajstić information content (AvgIpc) is 3.58. The van der Waals surface area contributed by atoms with Crippen LogP contribution in [0.3, 0.4) is 0 Å². The third-order valence-corrected chi connectivity index (χ3v) is 6.68. The van der Waals surface area contributed by atoms with Crippen molar-refractivity contribution in [2.45, 2.75) is 19.4 Å². The number of rotatable bonds is 6. The van der Waals surface area contributed by atoms with Gasteiger partial charge in [0.25, 0.3) is 5.91 Å². The SMILES string of the molecule is O=C(NCc1ccccc1Cl)[C@H]1CCCN(C(=O)c2cnn(-c3ccccc3)c2-n2cccc2)C1. The Morgan fingerprint density at radius 2 is 1.74 bits per heavy atom. The molecule has 1 saturated heterocycles. The van der Waals surface area contributed by atoms with Gasteiger partial charge >= 0.3 is 0 Å². The predicted octanol–water partition coefficient (Wildman–Crippen LogP) is 4.49. The topological polar surface area (TPSA) is 72.2 Å². The summed E-state index contributed by atoms with van der Waals surface area (Å²) in [6.07, 6.45) is 6.92. The van der Waals surface area contributed by atoms with Gasteiger partial charge in [0.05, 0.1) is 17.8 Å². The lowest BCUT2D eigenvalue weighted by molar-refractivity contribution is -0.126. The lowest BCUT2D eigenvalue weighted by atomic mass is 9.96. The van der Waals surface area contributed by atoms with Crippen molar-refractivity contribution in [3.05, 3.63) is 101 Å². The van der Waals surface area contributed by atoms with Gasteiger partial charge in [0.15, 0.2) is 5.82 Å². The summed E-state index contributed by atoms with van der Waals surface area (Å²) in [5.41, 5.74) is 2.24. The van der Waals surface area contributed by atoms with Crippen LogP contribution >= 0.6 is 11.6 Å². The van der Waals surface area contributed by atoms with Crippen molar-refractivity contribution < 1.29 is 9.59 Å². The minimum atomic E-state index is -0.269. The zero-order chi connectivity index (χ0) is 24.2. The largest absolute Gasteiger partial charge is 0.352 e. The van der Waals surface area contributed by atoms with Crippen LogP contribution in [0.5, 0.6) is 0 Å². The molecule has 4 aromatic rings. The van der Waals surface area contributed by atoms with Crippen LogP contribution in [0.25, 0.3) is 11.5 Å². The van der Waals surface area contributed by atoms with Gasteiger partial charge in [-0.25, -0.2) is 4.68 Å². The number of likely N-dealkylation sites (tertiary alicyclic amines) is 1. The molecule has 35 heavy (non-hydrogen) atoms. The third-order valence-electron chi connectivity index (χ3n) is 6.31. The van der Waals surface area contributed by atoms with Crippen LogP contribution in [-0.4, -0.2) is 44.2 Å². The van der Waals surface area contributed by atoms with E-state index in [9.17, 15) is 9.59 Å². The fraction of sp³-hybridized carbons (Fsp3) is 0.222. The molecule has 0 unspecified atom stereocenters. The van der Waals surface area contributed by atoms with E-state index in [-0.39, 0.29) is 17.7 Å². The summed E-state index contributed by atoms with van der Waals surface area (Å²) in [5.74, 6) is 0.221. The number of nitrogens with one attached hydrogen (secondary N) is 1. The van der Waals surface area contributed by atoms with Crippen LogP contribution in [0.4, 0.5) is 0 Å². The first-order valence-electron chi connectivity index (χ1n) is 11.7. The molecular weight excluding hydrogens is 462 g/mol. The van der Waals surface area contributed by atoms with Crippen LogP contribution in [0.15, 0.2) is 85.3 Å². The van der Waals surface area contributed by atoms with Gasteiger partial charge < -0.3 is 14.8 Å². The highest BCUT2D eigenvalue weighted by molar-refractivity contribution is 6.31. The van der Waals surface area contributed by atoms with E-state index in [4.69, 9.17) is 11.6 Å². The van der Waals surface area contributed by atoms with Crippen molar-refractivity contribution in [2.24, 2.45) is 5.92 Å². The Balaban J connectivity index is 1.34. The maximum atomic E-state index is 13.7. The van der Waals surface area contributed by atoms with E-state index in [1.807, 2.05) is 83.7 Å². The Bertz CT molecular complexity index is 1320. The van der Waals surface area contributed by atoms with E-state index in [0.717, 1.165) is 24.1 Å². The van der Waals surface area contributed by atoms with Gasteiger partial charge in [0.2, 0.25) is 5.91 Å². The molecule has 0 radical (unpaired) electrons. The highest BCUT2D eigenvalue weighted by Crippen LogP contribution is 2.24. The van der Waals surface area contributed by atoms with Crippen molar-refractivity contribution in [1.82, 2.24) is 24.6 Å². The Kier molecular flexibility index (Phi) is 6.68. The number of aromatic nitrogens is 3. The van der Waals surface area contributed by atoms with Crippen LogP contribution in [0.1, 0.15) is 28.8 Å². The van der Waals surface area contributed by atoms with Gasteiger partial charge in [-0.05, 0) is 48.7 Å². The molecule has 2 aromatic heterocycles. The van der Waals surface area contributed by atoms with E-state index < -0.39 is 0 Å². The Morgan fingerprint density at radius 1 is 1.00 bits per heavy atom. The molecule has 1 atom stereocenters. The summed E-state index contributed by atoms with van der Waals surface area (Å²) in [4.78, 5) is 28.3. The number of para-hydroxylation sites is 1. The number of nitrogens with zero attached hydrogens (tertiary/aromatic N) is 4. The van der Waals surface area contributed by atoms with Gasteiger partial charge in [-0.2, -0.15) is 5.10 Å². The number of piperidine rings is 1. The molecule has 3 heterocycles. The first kappa shape index (κ1) is 22.9. The number of benzene rings is 2. The fourth-order valence-corrected chi connectivity index (χ4v) is 4.69. The monoisotopic (exact) mass is 487 g/mol. The molecule has 8 heteroatoms. The second-order valence-corrected chi connectivity index (χ2v) is 9.03.